The normalized spacial score (nSPS) is 19.3. The number of phosphoric acid groups is 1. The van der Waals surface area contributed by atoms with Gasteiger partial charge in [-0.3, -0.25) is 0 Å². The summed E-state index contributed by atoms with van der Waals surface area (Å²) in [6.07, 6.45) is -38.0. The van der Waals surface area contributed by atoms with E-state index >= 15 is 13.2 Å². The summed E-state index contributed by atoms with van der Waals surface area (Å²) < 4.78 is 333. The van der Waals surface area contributed by atoms with Gasteiger partial charge in [-0.25, -0.2) is 31.3 Å². The molecule has 0 heterocycles. The van der Waals surface area contributed by atoms with Gasteiger partial charge in [-0.05, 0) is 38.5 Å². The van der Waals surface area contributed by atoms with Crippen LogP contribution in [0.1, 0.15) is 119 Å². The lowest BCUT2D eigenvalue weighted by Crippen LogP contribution is -2.65. The van der Waals surface area contributed by atoms with Gasteiger partial charge in [0.1, 0.15) is 0 Å². The number of hydrogen-bond acceptors (Lipinski definition) is 4. The summed E-state index contributed by atoms with van der Waals surface area (Å²) in [5.74, 6) is -44.1. The van der Waals surface area contributed by atoms with Gasteiger partial charge >= 0.3 is 61.7 Å². The summed E-state index contributed by atoms with van der Waals surface area (Å²) in [6, 6.07) is 0. The average Bonchev–Trinajstić information content (AvgIpc) is 3.06. The zero-order chi connectivity index (χ0) is 45.1. The van der Waals surface area contributed by atoms with Gasteiger partial charge in [0, 0.05) is 0 Å². The molecule has 0 aliphatic rings. The van der Waals surface area contributed by atoms with Crippen molar-refractivity contribution in [1.82, 2.24) is 0 Å². The molecule has 56 heavy (non-hydrogen) atoms. The topological polar surface area (TPSA) is 44.8 Å². The van der Waals surface area contributed by atoms with Crippen LogP contribution in [0.3, 0.4) is 0 Å². The highest BCUT2D eigenvalue weighted by atomic mass is 31.2. The highest BCUT2D eigenvalue weighted by molar-refractivity contribution is 7.48. The molecule has 0 N–H and O–H groups in total. The van der Waals surface area contributed by atoms with Crippen molar-refractivity contribution in [3.05, 3.63) is 0 Å². The number of phosphoric ester groups is 1. The van der Waals surface area contributed by atoms with E-state index in [-0.39, 0.29) is 19.3 Å². The van der Waals surface area contributed by atoms with Crippen LogP contribution in [-0.2, 0) is 18.1 Å². The number of unbranched alkanes of at least 4 members (excludes halogenated alkanes) is 3. The van der Waals surface area contributed by atoms with Crippen molar-refractivity contribution in [2.24, 2.45) is 0 Å². The monoisotopic (exact) mass is 896 g/mol. The maximum absolute atomic E-state index is 15.1. The Labute approximate surface area is 308 Å². The third kappa shape index (κ3) is 9.49. The first kappa shape index (κ1) is 54.6. The van der Waals surface area contributed by atoms with Gasteiger partial charge < -0.3 is 0 Å². The Kier molecular flexibility index (Phi) is 17.3. The Morgan fingerprint density at radius 1 is 0.339 bits per heavy atom. The second-order valence-electron chi connectivity index (χ2n) is 13.0. The van der Waals surface area contributed by atoms with Crippen molar-refractivity contribution in [3.8, 4) is 0 Å². The molecule has 338 valence electrons. The maximum atomic E-state index is 15.1. The van der Waals surface area contributed by atoms with E-state index in [2.05, 4.69) is 13.6 Å². The summed E-state index contributed by atoms with van der Waals surface area (Å²) in [5.41, 5.74) is -14.5. The first-order chi connectivity index (χ1) is 24.7. The molecule has 0 bridgehead atoms. The molecule has 4 nitrogen and oxygen atoms in total. The third-order valence-corrected chi connectivity index (χ3v) is 10.5. The summed E-state index contributed by atoms with van der Waals surface area (Å²) in [5, 5.41) is 0. The smallest absolute Gasteiger partial charge is 0.237 e. The van der Waals surface area contributed by atoms with Crippen LogP contribution in [0.15, 0.2) is 0 Å². The van der Waals surface area contributed by atoms with Gasteiger partial charge in [0.05, 0.1) is 0 Å². The summed E-state index contributed by atoms with van der Waals surface area (Å²) in [6.45, 7) is 4.31. The van der Waals surface area contributed by atoms with Crippen molar-refractivity contribution >= 4 is 7.82 Å². The molecular weight excluding hydrogens is 854 g/mol. The zero-order valence-corrected chi connectivity index (χ0v) is 31.4. The fraction of sp³-hybridized carbons (Fsp3) is 1.00. The highest BCUT2D eigenvalue weighted by Gasteiger charge is 2.86. The maximum Gasteiger partial charge on any atom is 0.489 e. The molecule has 0 aromatic heterocycles. The SMILES string of the molecule is CCCCC(F)(CC)C(F)(F)C(F)(F)C(F)(F)OP(=O)(OC(F)(F)C(F)(F)C(F)(F)C(F)(CC)CCCC)OC(F)(F)C(F)(F)C(F)(F)C(F)(CC)CCCC. The molecule has 0 radical (unpaired) electrons. The first-order valence-corrected chi connectivity index (χ1v) is 18.4. The predicted molar refractivity (Wildman–Crippen MR) is 156 cm³/mol. The van der Waals surface area contributed by atoms with Crippen molar-refractivity contribution in [2.45, 2.75) is 189 Å². The van der Waals surface area contributed by atoms with Crippen LogP contribution in [-0.4, -0.2) is 70.9 Å². The molecular formula is C30H42F21O4P. The minimum atomic E-state index is -9.39. The van der Waals surface area contributed by atoms with Crippen LogP contribution in [0.2, 0.25) is 0 Å². The van der Waals surface area contributed by atoms with Gasteiger partial charge in [-0.2, -0.15) is 79.0 Å². The van der Waals surface area contributed by atoms with Crippen molar-refractivity contribution in [1.29, 1.82) is 0 Å². The van der Waals surface area contributed by atoms with E-state index < -0.39 is 136 Å². The highest BCUT2D eigenvalue weighted by Crippen LogP contribution is 2.69. The summed E-state index contributed by atoms with van der Waals surface area (Å²) >= 11 is 0. The van der Waals surface area contributed by atoms with Gasteiger partial charge in [0.15, 0.2) is 17.0 Å². The molecule has 0 saturated heterocycles. The van der Waals surface area contributed by atoms with Crippen molar-refractivity contribution < 1.29 is 110 Å². The zero-order valence-electron chi connectivity index (χ0n) is 30.5. The standard InChI is InChI=1S/C30H42F21O4P/c1-7-13-16-19(31,10-4)22(34,35)25(40,41)28(46,47)53-56(52,54-29(48,49)26(42,43)23(36,37)20(32,11-5)17-14-8-2)55-30(50,51)27(44,45)24(38,39)21(33,12-6)18-15-9-3/h7-18H2,1-6H3. The van der Waals surface area contributed by atoms with Gasteiger partial charge in [0.2, 0.25) is 0 Å². The van der Waals surface area contributed by atoms with E-state index in [4.69, 9.17) is 0 Å². The fourth-order valence-electron chi connectivity index (χ4n) is 5.08. The molecule has 0 aliphatic carbocycles. The minimum Gasteiger partial charge on any atom is -0.237 e. The van der Waals surface area contributed by atoms with Crippen LogP contribution in [0.4, 0.5) is 92.2 Å². The van der Waals surface area contributed by atoms with Gasteiger partial charge in [0.25, 0.3) is 0 Å². The van der Waals surface area contributed by atoms with E-state index in [9.17, 15) is 83.6 Å². The molecule has 26 heteroatoms. The van der Waals surface area contributed by atoms with Gasteiger partial charge in [-0.1, -0.05) is 80.1 Å². The molecule has 0 fully saturated rings. The van der Waals surface area contributed by atoms with E-state index in [1.54, 1.807) is 0 Å². The molecule has 3 atom stereocenters. The fourth-order valence-corrected chi connectivity index (χ4v) is 6.38. The largest absolute Gasteiger partial charge is 0.489 e. The lowest BCUT2D eigenvalue weighted by Gasteiger charge is -2.43. The summed E-state index contributed by atoms with van der Waals surface area (Å²) in [4.78, 5) is 0. The quantitative estimate of drug-likeness (QED) is 0.0609. The predicted octanol–water partition coefficient (Wildman–Crippen LogP) is 14.7. The molecule has 0 amide bonds. The van der Waals surface area contributed by atoms with E-state index in [0.717, 1.165) is 20.8 Å². The Hall–Kier alpha value is -1.36. The molecule has 3 unspecified atom stereocenters. The van der Waals surface area contributed by atoms with Crippen LogP contribution in [0.25, 0.3) is 0 Å². The van der Waals surface area contributed by atoms with E-state index in [0.29, 0.717) is 20.8 Å². The molecule has 0 aromatic rings. The first-order valence-electron chi connectivity index (χ1n) is 16.9. The van der Waals surface area contributed by atoms with Crippen LogP contribution >= 0.6 is 7.82 Å². The second kappa shape index (κ2) is 17.7. The number of hydrogen-bond donors (Lipinski definition) is 0. The van der Waals surface area contributed by atoms with E-state index in [1.165, 1.54) is 0 Å². The Morgan fingerprint density at radius 2 is 0.518 bits per heavy atom. The Balaban J connectivity index is 7.93. The third-order valence-electron chi connectivity index (χ3n) is 9.11. The van der Waals surface area contributed by atoms with Crippen LogP contribution in [0.5, 0.6) is 0 Å². The second-order valence-corrected chi connectivity index (χ2v) is 14.4. The minimum absolute atomic E-state index is 0.324. The Bertz CT molecular complexity index is 1160. The molecule has 0 rings (SSSR count). The number of rotatable bonds is 27. The number of halogens is 21. The van der Waals surface area contributed by atoms with Gasteiger partial charge in [-0.15, -0.1) is 0 Å². The van der Waals surface area contributed by atoms with Crippen molar-refractivity contribution in [3.63, 3.8) is 0 Å². The lowest BCUT2D eigenvalue weighted by molar-refractivity contribution is -0.426. The average molecular weight is 897 g/mol. The Morgan fingerprint density at radius 3 is 0.661 bits per heavy atom. The van der Waals surface area contributed by atoms with Crippen molar-refractivity contribution in [2.75, 3.05) is 0 Å². The van der Waals surface area contributed by atoms with E-state index in [1.807, 2.05) is 0 Å². The van der Waals surface area contributed by atoms with Crippen LogP contribution < -0.4 is 0 Å². The molecule has 0 spiro atoms. The lowest BCUT2D eigenvalue weighted by atomic mass is 9.85. The molecule has 0 aliphatic heterocycles. The summed E-state index contributed by atoms with van der Waals surface area (Å²) in [7, 11) is -9.39. The van der Waals surface area contributed by atoms with Crippen LogP contribution in [0, 0.1) is 0 Å². The molecule has 0 aromatic carbocycles. The molecule has 0 saturated carbocycles. The number of alkyl halides is 21.